The van der Waals surface area contributed by atoms with Crippen molar-refractivity contribution in [2.24, 2.45) is 0 Å². The average Bonchev–Trinajstić information content (AvgIpc) is 3.20. The molecule has 152 valence electrons. The van der Waals surface area contributed by atoms with E-state index in [0.717, 1.165) is 31.9 Å². The van der Waals surface area contributed by atoms with Crippen LogP contribution >= 0.6 is 34.7 Å². The standard InChI is InChI=1S/C21H21ClN2O3S2/c1-26-18-8-3-14(11-19(18)27-2)21-24-16(13-29-21)12-20(25)23-9-10-28-17-6-4-15(22)5-7-17/h3-8,11,13H,9-10,12H2,1-2H3,(H,23,25). The summed E-state index contributed by atoms with van der Waals surface area (Å²) in [5.74, 6) is 2.08. The van der Waals surface area contributed by atoms with Crippen LogP contribution in [0, 0.1) is 0 Å². The fourth-order valence-corrected chi connectivity index (χ4v) is 4.32. The molecule has 1 heterocycles. The van der Waals surface area contributed by atoms with Crippen molar-refractivity contribution in [2.45, 2.75) is 11.3 Å². The van der Waals surface area contributed by atoms with E-state index in [0.29, 0.717) is 18.0 Å². The number of methoxy groups -OCH3 is 2. The van der Waals surface area contributed by atoms with Gasteiger partial charge in [-0.05, 0) is 42.5 Å². The Balaban J connectivity index is 1.49. The number of thiazole rings is 1. The van der Waals surface area contributed by atoms with E-state index in [-0.39, 0.29) is 12.3 Å². The van der Waals surface area contributed by atoms with Crippen LogP contribution in [0.4, 0.5) is 0 Å². The topological polar surface area (TPSA) is 60.5 Å². The summed E-state index contributed by atoms with van der Waals surface area (Å²) >= 11 is 9.06. The van der Waals surface area contributed by atoms with Crippen molar-refractivity contribution in [3.05, 3.63) is 58.6 Å². The lowest BCUT2D eigenvalue weighted by atomic mass is 10.2. The van der Waals surface area contributed by atoms with E-state index in [1.54, 1.807) is 26.0 Å². The molecule has 0 aliphatic carbocycles. The van der Waals surface area contributed by atoms with Crippen molar-refractivity contribution < 1.29 is 14.3 Å². The number of rotatable bonds is 9. The molecule has 3 aromatic rings. The second-order valence-corrected chi connectivity index (χ2v) is 8.51. The summed E-state index contributed by atoms with van der Waals surface area (Å²) in [6, 6.07) is 13.3. The largest absolute Gasteiger partial charge is 0.493 e. The van der Waals surface area contributed by atoms with E-state index < -0.39 is 0 Å². The molecule has 0 aliphatic heterocycles. The molecule has 0 bridgehead atoms. The zero-order chi connectivity index (χ0) is 20.6. The summed E-state index contributed by atoms with van der Waals surface area (Å²) in [6.07, 6.45) is 0.259. The third-order valence-corrected chi connectivity index (χ3v) is 6.24. The number of ether oxygens (including phenoxy) is 2. The summed E-state index contributed by atoms with van der Waals surface area (Å²) < 4.78 is 10.6. The second-order valence-electron chi connectivity index (χ2n) is 6.04. The molecule has 8 heteroatoms. The number of amides is 1. The Morgan fingerprint density at radius 3 is 2.62 bits per heavy atom. The lowest BCUT2D eigenvalue weighted by molar-refractivity contribution is -0.120. The SMILES string of the molecule is COc1ccc(-c2nc(CC(=O)NCCSc3ccc(Cl)cc3)cs2)cc1OC. The number of benzene rings is 2. The number of carbonyl (C=O) groups excluding carboxylic acids is 1. The van der Waals surface area contributed by atoms with Gasteiger partial charge in [-0.15, -0.1) is 23.1 Å². The molecule has 0 fully saturated rings. The number of nitrogens with zero attached hydrogens (tertiary/aromatic N) is 1. The van der Waals surface area contributed by atoms with Crippen LogP contribution in [0.25, 0.3) is 10.6 Å². The first kappa shape index (κ1) is 21.5. The van der Waals surface area contributed by atoms with Crippen molar-refractivity contribution in [1.82, 2.24) is 10.3 Å². The van der Waals surface area contributed by atoms with Crippen molar-refractivity contribution in [2.75, 3.05) is 26.5 Å². The minimum Gasteiger partial charge on any atom is -0.493 e. The van der Waals surface area contributed by atoms with E-state index in [9.17, 15) is 4.79 Å². The van der Waals surface area contributed by atoms with Crippen molar-refractivity contribution >= 4 is 40.6 Å². The summed E-state index contributed by atoms with van der Waals surface area (Å²) in [5, 5.41) is 6.41. The zero-order valence-electron chi connectivity index (χ0n) is 16.1. The highest BCUT2D eigenvalue weighted by Gasteiger charge is 2.11. The van der Waals surface area contributed by atoms with Gasteiger partial charge in [-0.3, -0.25) is 4.79 Å². The van der Waals surface area contributed by atoms with E-state index in [4.69, 9.17) is 21.1 Å². The molecule has 5 nitrogen and oxygen atoms in total. The highest BCUT2D eigenvalue weighted by molar-refractivity contribution is 7.99. The minimum absolute atomic E-state index is 0.0362. The first-order valence-corrected chi connectivity index (χ1v) is 11.1. The molecule has 0 saturated carbocycles. The van der Waals surface area contributed by atoms with Crippen molar-refractivity contribution in [3.63, 3.8) is 0 Å². The molecule has 3 rings (SSSR count). The number of hydrogen-bond donors (Lipinski definition) is 1. The van der Waals surface area contributed by atoms with Gasteiger partial charge < -0.3 is 14.8 Å². The van der Waals surface area contributed by atoms with Gasteiger partial charge in [-0.2, -0.15) is 0 Å². The highest BCUT2D eigenvalue weighted by Crippen LogP contribution is 2.33. The molecule has 1 amide bonds. The Morgan fingerprint density at radius 1 is 1.14 bits per heavy atom. The zero-order valence-corrected chi connectivity index (χ0v) is 18.5. The summed E-state index contributed by atoms with van der Waals surface area (Å²) in [7, 11) is 3.20. The molecular weight excluding hydrogens is 428 g/mol. The third kappa shape index (κ3) is 6.13. The Kier molecular flexibility index (Phi) is 7.80. The smallest absolute Gasteiger partial charge is 0.226 e. The van der Waals surface area contributed by atoms with Crippen LogP contribution in [0.2, 0.25) is 5.02 Å². The maximum absolute atomic E-state index is 12.2. The Bertz CT molecular complexity index is 961. The first-order chi connectivity index (χ1) is 14.1. The van der Waals surface area contributed by atoms with E-state index in [2.05, 4.69) is 10.3 Å². The number of thioether (sulfide) groups is 1. The van der Waals surface area contributed by atoms with Gasteiger partial charge in [-0.25, -0.2) is 4.98 Å². The molecule has 0 saturated heterocycles. The number of carbonyl (C=O) groups is 1. The van der Waals surface area contributed by atoms with Gasteiger partial charge in [0.05, 0.1) is 26.3 Å². The van der Waals surface area contributed by atoms with Crippen molar-refractivity contribution in [3.8, 4) is 22.1 Å². The van der Waals surface area contributed by atoms with Gasteiger partial charge in [0.15, 0.2) is 11.5 Å². The number of nitrogens with one attached hydrogen (secondary N) is 1. The molecule has 2 aromatic carbocycles. The van der Waals surface area contributed by atoms with Gasteiger partial charge in [-0.1, -0.05) is 11.6 Å². The van der Waals surface area contributed by atoms with Gasteiger partial charge in [0.1, 0.15) is 5.01 Å². The molecule has 0 unspecified atom stereocenters. The minimum atomic E-state index is -0.0362. The van der Waals surface area contributed by atoms with Crippen LogP contribution in [-0.4, -0.2) is 37.4 Å². The number of hydrogen-bond acceptors (Lipinski definition) is 6. The van der Waals surface area contributed by atoms with E-state index in [1.807, 2.05) is 47.8 Å². The van der Waals surface area contributed by atoms with Gasteiger partial charge in [0.2, 0.25) is 5.91 Å². The lowest BCUT2D eigenvalue weighted by Crippen LogP contribution is -2.27. The molecule has 29 heavy (non-hydrogen) atoms. The maximum Gasteiger partial charge on any atom is 0.226 e. The first-order valence-electron chi connectivity index (χ1n) is 8.91. The number of halogens is 1. The number of aromatic nitrogens is 1. The predicted octanol–water partition coefficient (Wildman–Crippen LogP) is 4.93. The van der Waals surface area contributed by atoms with Gasteiger partial charge in [0, 0.05) is 33.2 Å². The van der Waals surface area contributed by atoms with Crippen LogP contribution in [0.3, 0.4) is 0 Å². The Morgan fingerprint density at radius 2 is 1.90 bits per heavy atom. The summed E-state index contributed by atoms with van der Waals surface area (Å²) in [6.45, 7) is 0.596. The molecule has 1 aromatic heterocycles. The third-order valence-electron chi connectivity index (χ3n) is 4.03. The van der Waals surface area contributed by atoms with Crippen LogP contribution in [0.1, 0.15) is 5.69 Å². The molecule has 0 spiro atoms. The Hall–Kier alpha value is -2.22. The summed E-state index contributed by atoms with van der Waals surface area (Å²) in [4.78, 5) is 17.9. The van der Waals surface area contributed by atoms with Crippen LogP contribution in [0.15, 0.2) is 52.7 Å². The van der Waals surface area contributed by atoms with E-state index >= 15 is 0 Å². The quantitative estimate of drug-likeness (QED) is 0.371. The van der Waals surface area contributed by atoms with Crippen LogP contribution in [0.5, 0.6) is 11.5 Å². The molecule has 0 aliphatic rings. The summed E-state index contributed by atoms with van der Waals surface area (Å²) in [5.41, 5.74) is 1.68. The van der Waals surface area contributed by atoms with Crippen molar-refractivity contribution in [1.29, 1.82) is 0 Å². The monoisotopic (exact) mass is 448 g/mol. The Labute approximate surface area is 183 Å². The molecule has 1 N–H and O–H groups in total. The lowest BCUT2D eigenvalue weighted by Gasteiger charge is -2.08. The highest BCUT2D eigenvalue weighted by atomic mass is 35.5. The average molecular weight is 449 g/mol. The van der Waals surface area contributed by atoms with Crippen LogP contribution in [-0.2, 0) is 11.2 Å². The normalized spacial score (nSPS) is 10.6. The van der Waals surface area contributed by atoms with Gasteiger partial charge >= 0.3 is 0 Å². The molecule has 0 radical (unpaired) electrons. The fourth-order valence-electron chi connectivity index (χ4n) is 2.61. The fraction of sp³-hybridized carbons (Fsp3) is 0.238. The van der Waals surface area contributed by atoms with Gasteiger partial charge in [0.25, 0.3) is 0 Å². The predicted molar refractivity (Wildman–Crippen MR) is 120 cm³/mol. The second kappa shape index (κ2) is 10.5. The van der Waals surface area contributed by atoms with E-state index in [1.165, 1.54) is 11.3 Å². The maximum atomic E-state index is 12.2. The molecular formula is C21H21ClN2O3S2. The molecule has 0 atom stereocenters. The van der Waals surface area contributed by atoms with Crippen LogP contribution < -0.4 is 14.8 Å².